The summed E-state index contributed by atoms with van der Waals surface area (Å²) in [6, 6.07) is 40.1. The van der Waals surface area contributed by atoms with Crippen molar-refractivity contribution >= 4 is 21.8 Å². The van der Waals surface area contributed by atoms with E-state index in [0.29, 0.717) is 16.7 Å². The zero-order valence-corrected chi connectivity index (χ0v) is 21.2. The second kappa shape index (κ2) is 7.94. The Hall–Kier alpha value is -5.12. The highest BCUT2D eigenvalue weighted by Gasteiger charge is 2.35. The van der Waals surface area contributed by atoms with E-state index in [1.54, 1.807) is 18.2 Å². The Morgan fingerprint density at radius 2 is 1.29 bits per heavy atom. The highest BCUT2D eigenvalue weighted by molar-refractivity contribution is 6.10. The predicted molar refractivity (Wildman–Crippen MR) is 153 cm³/mol. The molecule has 1 aromatic heterocycles. The molecule has 1 aliphatic rings. The zero-order valence-electron chi connectivity index (χ0n) is 21.2. The van der Waals surface area contributed by atoms with Gasteiger partial charge in [0, 0.05) is 27.4 Å². The van der Waals surface area contributed by atoms with Gasteiger partial charge in [-0.3, -0.25) is 0 Å². The van der Waals surface area contributed by atoms with Crippen molar-refractivity contribution in [2.75, 3.05) is 0 Å². The maximum atomic E-state index is 9.76. The van der Waals surface area contributed by atoms with E-state index in [9.17, 15) is 10.5 Å². The molecule has 6 aromatic rings. The molecule has 0 amide bonds. The second-order valence-electron chi connectivity index (χ2n) is 10.4. The van der Waals surface area contributed by atoms with Gasteiger partial charge in [0.1, 0.15) is 0 Å². The zero-order chi connectivity index (χ0) is 26.0. The number of fused-ring (bicyclic) bond motifs is 6. The molecule has 0 unspecified atom stereocenters. The minimum absolute atomic E-state index is 0.0350. The maximum absolute atomic E-state index is 9.76. The van der Waals surface area contributed by atoms with Gasteiger partial charge >= 0.3 is 0 Å². The van der Waals surface area contributed by atoms with Crippen molar-refractivity contribution in [2.45, 2.75) is 19.3 Å². The molecule has 38 heavy (non-hydrogen) atoms. The molecule has 178 valence electrons. The predicted octanol–water partition coefficient (Wildman–Crippen LogP) is 8.50. The van der Waals surface area contributed by atoms with E-state index >= 15 is 0 Å². The Balaban J connectivity index is 1.50. The Kier molecular flexibility index (Phi) is 4.62. The fourth-order valence-corrected chi connectivity index (χ4v) is 6.30. The van der Waals surface area contributed by atoms with Crippen LogP contribution in [0.15, 0.2) is 103 Å². The molecule has 5 aromatic carbocycles. The molecular formula is C35H23N3. The molecule has 1 heterocycles. The van der Waals surface area contributed by atoms with Crippen molar-refractivity contribution in [1.29, 1.82) is 10.5 Å². The van der Waals surface area contributed by atoms with Gasteiger partial charge in [-0.15, -0.1) is 0 Å². The van der Waals surface area contributed by atoms with E-state index in [2.05, 4.69) is 109 Å². The molecule has 0 saturated heterocycles. The summed E-state index contributed by atoms with van der Waals surface area (Å²) in [5.41, 5.74) is 11.2. The largest absolute Gasteiger partial charge is 0.309 e. The summed E-state index contributed by atoms with van der Waals surface area (Å²) in [6.07, 6.45) is 0. The molecular weight excluding hydrogens is 462 g/mol. The molecule has 0 aliphatic heterocycles. The van der Waals surface area contributed by atoms with Crippen molar-refractivity contribution in [3.05, 3.63) is 125 Å². The number of rotatable bonds is 2. The summed E-state index contributed by atoms with van der Waals surface area (Å²) >= 11 is 0. The summed E-state index contributed by atoms with van der Waals surface area (Å²) < 4.78 is 2.32. The minimum Gasteiger partial charge on any atom is -0.309 e. The lowest BCUT2D eigenvalue weighted by molar-refractivity contribution is 0.660. The van der Waals surface area contributed by atoms with E-state index < -0.39 is 0 Å². The van der Waals surface area contributed by atoms with Gasteiger partial charge in [0.15, 0.2) is 0 Å². The quantitative estimate of drug-likeness (QED) is 0.247. The topological polar surface area (TPSA) is 52.5 Å². The summed E-state index contributed by atoms with van der Waals surface area (Å²) in [5, 5.41) is 21.7. The van der Waals surface area contributed by atoms with Crippen LogP contribution in [0.25, 0.3) is 49.7 Å². The van der Waals surface area contributed by atoms with Crippen molar-refractivity contribution in [3.8, 4) is 40.1 Å². The third-order valence-electron chi connectivity index (χ3n) is 8.09. The normalized spacial score (nSPS) is 13.2. The van der Waals surface area contributed by atoms with Crippen LogP contribution in [-0.4, -0.2) is 4.57 Å². The lowest BCUT2D eigenvalue weighted by Crippen LogP contribution is -2.14. The number of para-hydroxylation sites is 1. The summed E-state index contributed by atoms with van der Waals surface area (Å²) in [6.45, 7) is 4.60. The van der Waals surface area contributed by atoms with Crippen LogP contribution in [0.3, 0.4) is 0 Å². The molecule has 0 bridgehead atoms. The number of hydrogen-bond donors (Lipinski definition) is 0. The summed E-state index contributed by atoms with van der Waals surface area (Å²) in [5.74, 6) is 0. The van der Waals surface area contributed by atoms with Gasteiger partial charge in [0.2, 0.25) is 0 Å². The smallest absolute Gasteiger partial charge is 0.0998 e. The Labute approximate surface area is 221 Å². The fourth-order valence-electron chi connectivity index (χ4n) is 6.30. The average molecular weight is 486 g/mol. The minimum atomic E-state index is -0.0350. The van der Waals surface area contributed by atoms with Gasteiger partial charge in [-0.25, -0.2) is 0 Å². The van der Waals surface area contributed by atoms with E-state index in [1.165, 1.54) is 22.3 Å². The third-order valence-corrected chi connectivity index (χ3v) is 8.09. The molecule has 0 radical (unpaired) electrons. The van der Waals surface area contributed by atoms with Crippen molar-refractivity contribution in [1.82, 2.24) is 4.57 Å². The number of nitriles is 2. The van der Waals surface area contributed by atoms with Crippen LogP contribution in [0, 0.1) is 22.7 Å². The molecule has 0 fully saturated rings. The summed E-state index contributed by atoms with van der Waals surface area (Å²) in [7, 11) is 0. The van der Waals surface area contributed by atoms with Crippen LogP contribution in [0.2, 0.25) is 0 Å². The standard InChI is InChI=1S/C35H23N3/c1-35(2)30-12-5-3-10-26(30)28-19-25(15-16-31(28)35)38-32-13-6-4-11-27(32)29-18-22(14-17-33(29)38)34-23(20-36)8-7-9-24(34)21-37/h3-19H,1-2H3. The molecule has 3 nitrogen and oxygen atoms in total. The molecule has 7 rings (SSSR count). The van der Waals surface area contributed by atoms with E-state index in [-0.39, 0.29) is 5.41 Å². The van der Waals surface area contributed by atoms with Crippen LogP contribution in [0.4, 0.5) is 0 Å². The Morgan fingerprint density at radius 1 is 0.605 bits per heavy atom. The van der Waals surface area contributed by atoms with Crippen LogP contribution in [0.1, 0.15) is 36.1 Å². The number of benzene rings is 5. The SMILES string of the molecule is CC1(C)c2ccccc2-c2cc(-n3c4ccccc4c4cc(-c5c(C#N)cccc5C#N)ccc43)ccc21. The first kappa shape index (κ1) is 22.1. The first-order valence-corrected chi connectivity index (χ1v) is 12.7. The second-order valence-corrected chi connectivity index (χ2v) is 10.4. The van der Waals surface area contributed by atoms with Crippen LogP contribution in [-0.2, 0) is 5.41 Å². The molecule has 0 N–H and O–H groups in total. The van der Waals surface area contributed by atoms with E-state index in [0.717, 1.165) is 33.1 Å². The van der Waals surface area contributed by atoms with Crippen LogP contribution < -0.4 is 0 Å². The molecule has 3 heteroatoms. The highest BCUT2D eigenvalue weighted by atomic mass is 15.0. The van der Waals surface area contributed by atoms with Gasteiger partial charge in [-0.05, 0) is 70.3 Å². The third kappa shape index (κ3) is 2.94. The van der Waals surface area contributed by atoms with Crippen molar-refractivity contribution in [3.63, 3.8) is 0 Å². The van der Waals surface area contributed by atoms with Crippen molar-refractivity contribution in [2.24, 2.45) is 0 Å². The van der Waals surface area contributed by atoms with Gasteiger partial charge in [0.25, 0.3) is 0 Å². The number of hydrogen-bond acceptors (Lipinski definition) is 2. The summed E-state index contributed by atoms with van der Waals surface area (Å²) in [4.78, 5) is 0. The van der Waals surface area contributed by atoms with Gasteiger partial charge in [-0.1, -0.05) is 74.5 Å². The van der Waals surface area contributed by atoms with Gasteiger partial charge < -0.3 is 4.57 Å². The molecule has 0 atom stereocenters. The maximum Gasteiger partial charge on any atom is 0.0998 e. The Bertz CT molecular complexity index is 1990. The number of aromatic nitrogens is 1. The van der Waals surface area contributed by atoms with E-state index in [1.807, 2.05) is 6.07 Å². The molecule has 1 aliphatic carbocycles. The van der Waals surface area contributed by atoms with Crippen LogP contribution >= 0.6 is 0 Å². The number of nitrogens with zero attached hydrogens (tertiary/aromatic N) is 3. The van der Waals surface area contributed by atoms with Gasteiger partial charge in [0.05, 0.1) is 34.3 Å². The first-order valence-electron chi connectivity index (χ1n) is 12.7. The van der Waals surface area contributed by atoms with Crippen molar-refractivity contribution < 1.29 is 0 Å². The first-order chi connectivity index (χ1) is 18.5. The molecule has 0 saturated carbocycles. The molecule has 0 spiro atoms. The lowest BCUT2D eigenvalue weighted by atomic mass is 9.82. The van der Waals surface area contributed by atoms with E-state index in [4.69, 9.17) is 0 Å². The fraction of sp³-hybridized carbons (Fsp3) is 0.0857. The van der Waals surface area contributed by atoms with Crippen LogP contribution in [0.5, 0.6) is 0 Å². The highest BCUT2D eigenvalue weighted by Crippen LogP contribution is 2.49. The lowest BCUT2D eigenvalue weighted by Gasteiger charge is -2.21. The monoisotopic (exact) mass is 485 g/mol. The average Bonchev–Trinajstić information content (AvgIpc) is 3.41. The van der Waals surface area contributed by atoms with Gasteiger partial charge in [-0.2, -0.15) is 10.5 Å². The Morgan fingerprint density at radius 3 is 2.08 bits per heavy atom.